The van der Waals surface area contributed by atoms with E-state index in [4.69, 9.17) is 0 Å². The Bertz CT molecular complexity index is 594. The number of amides is 1. The largest absolute Gasteiger partial charge is 0.336 e. The predicted octanol–water partition coefficient (Wildman–Crippen LogP) is 2.85. The van der Waals surface area contributed by atoms with Crippen molar-refractivity contribution < 1.29 is 9.18 Å². The van der Waals surface area contributed by atoms with Crippen LogP contribution in [0.25, 0.3) is 0 Å². The van der Waals surface area contributed by atoms with Gasteiger partial charge >= 0.3 is 0 Å². The minimum atomic E-state index is -0.241. The average molecular weight is 287 g/mol. The van der Waals surface area contributed by atoms with Gasteiger partial charge in [-0.15, -0.1) is 0 Å². The molecule has 21 heavy (non-hydrogen) atoms. The number of aryl methyl sites for hydroxylation is 1. The van der Waals surface area contributed by atoms with E-state index in [0.717, 1.165) is 30.5 Å². The minimum absolute atomic E-state index is 0.0856. The second-order valence-electron chi connectivity index (χ2n) is 5.40. The summed E-state index contributed by atoms with van der Waals surface area (Å²) in [7, 11) is 0. The first-order valence-corrected chi connectivity index (χ1v) is 7.26. The van der Waals surface area contributed by atoms with Crippen LogP contribution in [0.2, 0.25) is 0 Å². The van der Waals surface area contributed by atoms with E-state index < -0.39 is 0 Å². The molecule has 110 valence electrons. The van der Waals surface area contributed by atoms with Gasteiger partial charge in [-0.2, -0.15) is 5.10 Å². The fourth-order valence-electron chi connectivity index (χ4n) is 2.91. The summed E-state index contributed by atoms with van der Waals surface area (Å²) in [6.45, 7) is 0.784. The van der Waals surface area contributed by atoms with Crippen LogP contribution < -0.4 is 0 Å². The monoisotopic (exact) mass is 287 g/mol. The van der Waals surface area contributed by atoms with Gasteiger partial charge in [-0.25, -0.2) is 4.39 Å². The minimum Gasteiger partial charge on any atom is -0.336 e. The summed E-state index contributed by atoms with van der Waals surface area (Å²) in [6.07, 6.45) is 6.69. The molecule has 1 unspecified atom stereocenters. The van der Waals surface area contributed by atoms with Gasteiger partial charge < -0.3 is 4.90 Å². The van der Waals surface area contributed by atoms with Crippen molar-refractivity contribution in [3.63, 3.8) is 0 Å². The van der Waals surface area contributed by atoms with Gasteiger partial charge in [0.2, 0.25) is 5.91 Å². The zero-order valence-electron chi connectivity index (χ0n) is 11.8. The summed E-state index contributed by atoms with van der Waals surface area (Å²) in [5.41, 5.74) is 2.06. The lowest BCUT2D eigenvalue weighted by Crippen LogP contribution is -2.30. The number of halogens is 1. The van der Waals surface area contributed by atoms with E-state index in [2.05, 4.69) is 10.2 Å². The third-order valence-corrected chi connectivity index (χ3v) is 4.01. The van der Waals surface area contributed by atoms with Gasteiger partial charge in [0.25, 0.3) is 0 Å². The van der Waals surface area contributed by atoms with Crippen molar-refractivity contribution in [2.75, 3.05) is 6.54 Å². The predicted molar refractivity (Wildman–Crippen MR) is 77.0 cm³/mol. The van der Waals surface area contributed by atoms with E-state index in [1.54, 1.807) is 18.3 Å². The second-order valence-corrected chi connectivity index (χ2v) is 5.40. The lowest BCUT2D eigenvalue weighted by molar-refractivity contribution is -0.132. The van der Waals surface area contributed by atoms with Gasteiger partial charge in [-0.1, -0.05) is 12.1 Å². The molecule has 1 N–H and O–H groups in total. The molecule has 1 fully saturated rings. The van der Waals surface area contributed by atoms with E-state index >= 15 is 0 Å². The molecule has 5 heteroatoms. The van der Waals surface area contributed by atoms with Gasteiger partial charge in [0.1, 0.15) is 5.82 Å². The van der Waals surface area contributed by atoms with Gasteiger partial charge in [0.05, 0.1) is 12.2 Å². The number of benzene rings is 1. The first-order valence-electron chi connectivity index (χ1n) is 7.26. The van der Waals surface area contributed by atoms with Crippen molar-refractivity contribution in [1.82, 2.24) is 15.1 Å². The molecular weight excluding hydrogens is 269 g/mol. The molecule has 0 spiro atoms. The Balaban J connectivity index is 1.65. The van der Waals surface area contributed by atoms with E-state index in [9.17, 15) is 9.18 Å². The van der Waals surface area contributed by atoms with Crippen molar-refractivity contribution in [2.45, 2.75) is 31.7 Å². The van der Waals surface area contributed by atoms with Crippen LogP contribution in [0, 0.1) is 5.82 Å². The molecule has 1 saturated heterocycles. The van der Waals surface area contributed by atoms with Gasteiger partial charge in [0, 0.05) is 19.2 Å². The summed E-state index contributed by atoms with van der Waals surface area (Å²) in [5, 5.41) is 6.64. The highest BCUT2D eigenvalue weighted by molar-refractivity contribution is 5.77. The highest BCUT2D eigenvalue weighted by Gasteiger charge is 2.29. The number of aromatic nitrogens is 2. The number of hydrogen-bond donors (Lipinski definition) is 1. The van der Waals surface area contributed by atoms with Crippen LogP contribution in [-0.4, -0.2) is 27.5 Å². The second kappa shape index (κ2) is 6.08. The molecule has 4 nitrogen and oxygen atoms in total. The van der Waals surface area contributed by atoms with E-state index in [0.29, 0.717) is 12.8 Å². The topological polar surface area (TPSA) is 49.0 Å². The lowest BCUT2D eigenvalue weighted by atomic mass is 10.0. The van der Waals surface area contributed by atoms with E-state index in [1.807, 2.05) is 11.1 Å². The number of H-pyrrole nitrogens is 1. The Morgan fingerprint density at radius 1 is 1.38 bits per heavy atom. The molecule has 3 rings (SSSR count). The zero-order valence-corrected chi connectivity index (χ0v) is 11.8. The number of nitrogens with one attached hydrogen (secondary N) is 1. The molecule has 0 bridgehead atoms. The molecule has 1 aliphatic heterocycles. The molecule has 2 aromatic rings. The van der Waals surface area contributed by atoms with Crippen LogP contribution in [0.1, 0.15) is 36.4 Å². The smallest absolute Gasteiger partial charge is 0.223 e. The van der Waals surface area contributed by atoms with E-state index in [1.165, 1.54) is 12.1 Å². The number of carbonyl (C=O) groups excluding carboxylic acids is 1. The fourth-order valence-corrected chi connectivity index (χ4v) is 2.91. The molecule has 0 aliphatic carbocycles. The molecule has 0 radical (unpaired) electrons. The first kappa shape index (κ1) is 13.8. The number of carbonyl (C=O) groups is 1. The zero-order chi connectivity index (χ0) is 14.7. The van der Waals surface area contributed by atoms with Crippen molar-refractivity contribution in [2.24, 2.45) is 0 Å². The van der Waals surface area contributed by atoms with Crippen molar-refractivity contribution >= 4 is 5.91 Å². The Morgan fingerprint density at radius 3 is 2.90 bits per heavy atom. The van der Waals surface area contributed by atoms with Crippen LogP contribution in [0.4, 0.5) is 4.39 Å². The molecule has 1 aliphatic rings. The number of rotatable bonds is 4. The number of hydrogen-bond acceptors (Lipinski definition) is 2. The van der Waals surface area contributed by atoms with E-state index in [-0.39, 0.29) is 17.8 Å². The van der Waals surface area contributed by atoms with Crippen molar-refractivity contribution in [3.8, 4) is 0 Å². The molecule has 1 amide bonds. The number of likely N-dealkylation sites (tertiary alicyclic amines) is 1. The standard InChI is InChI=1S/C16H18FN3O/c17-14-6-4-13(5-7-14)15-2-1-9-20(15)16(21)8-3-12-10-18-19-11-12/h4-7,10-11,15H,1-3,8-9H2,(H,18,19). The fraction of sp³-hybridized carbons (Fsp3) is 0.375. The normalized spacial score (nSPS) is 18.1. The molecule has 1 atom stereocenters. The SMILES string of the molecule is O=C(CCc1cn[nH]c1)N1CCCC1c1ccc(F)cc1. The summed E-state index contributed by atoms with van der Waals surface area (Å²) in [6, 6.07) is 6.56. The van der Waals surface area contributed by atoms with Crippen LogP contribution in [0.3, 0.4) is 0 Å². The molecule has 1 aromatic heterocycles. The maximum atomic E-state index is 13.0. The first-order chi connectivity index (χ1) is 10.2. The van der Waals surface area contributed by atoms with Gasteiger partial charge in [-0.3, -0.25) is 9.89 Å². The summed E-state index contributed by atoms with van der Waals surface area (Å²) >= 11 is 0. The van der Waals surface area contributed by atoms with Gasteiger partial charge in [0.15, 0.2) is 0 Å². The Labute approximate surface area is 123 Å². The number of nitrogens with zero attached hydrogens (tertiary/aromatic N) is 2. The van der Waals surface area contributed by atoms with Crippen molar-refractivity contribution in [3.05, 3.63) is 53.6 Å². The maximum Gasteiger partial charge on any atom is 0.223 e. The summed E-state index contributed by atoms with van der Waals surface area (Å²) in [5.74, 6) is -0.0855. The van der Waals surface area contributed by atoms with Crippen LogP contribution in [-0.2, 0) is 11.2 Å². The summed E-state index contributed by atoms with van der Waals surface area (Å²) < 4.78 is 13.0. The highest BCUT2D eigenvalue weighted by Crippen LogP contribution is 2.32. The van der Waals surface area contributed by atoms with Crippen molar-refractivity contribution in [1.29, 1.82) is 0 Å². The summed E-state index contributed by atoms with van der Waals surface area (Å²) in [4.78, 5) is 14.3. The van der Waals surface area contributed by atoms with Crippen LogP contribution in [0.15, 0.2) is 36.7 Å². The maximum absolute atomic E-state index is 13.0. The van der Waals surface area contributed by atoms with Gasteiger partial charge in [-0.05, 0) is 42.5 Å². The third-order valence-electron chi connectivity index (χ3n) is 4.01. The Hall–Kier alpha value is -2.17. The van der Waals surface area contributed by atoms with Crippen LogP contribution >= 0.6 is 0 Å². The Morgan fingerprint density at radius 2 is 2.19 bits per heavy atom. The molecular formula is C16H18FN3O. The molecule has 2 heterocycles. The molecule has 0 saturated carbocycles. The highest BCUT2D eigenvalue weighted by atomic mass is 19.1. The third kappa shape index (κ3) is 3.12. The lowest BCUT2D eigenvalue weighted by Gasteiger charge is -2.25. The Kier molecular flexibility index (Phi) is 3.99. The average Bonchev–Trinajstić information content (AvgIpc) is 3.17. The quantitative estimate of drug-likeness (QED) is 0.940. The number of aromatic amines is 1. The van der Waals surface area contributed by atoms with Crippen LogP contribution in [0.5, 0.6) is 0 Å². The molecule has 1 aromatic carbocycles.